The molecule has 6 heteroatoms. The van der Waals surface area contributed by atoms with E-state index in [1.165, 1.54) is 10.7 Å². The molecule has 3 rings (SSSR count). The Hall–Kier alpha value is -1.95. The molecule has 0 radical (unpaired) electrons. The van der Waals surface area contributed by atoms with Crippen LogP contribution in [0.15, 0.2) is 41.1 Å². The molecule has 0 aliphatic rings. The summed E-state index contributed by atoms with van der Waals surface area (Å²) in [5.41, 5.74) is 1.79. The van der Waals surface area contributed by atoms with E-state index in [1.54, 1.807) is 31.6 Å². The third-order valence-electron chi connectivity index (χ3n) is 2.81. The Balaban J connectivity index is 2.18. The average Bonchev–Trinajstić information content (AvgIpc) is 2.82. The number of aromatic nitrogens is 3. The maximum Gasteiger partial charge on any atom is 0.181 e. The minimum Gasteiger partial charge on any atom is -0.388 e. The Bertz CT molecular complexity index is 753. The van der Waals surface area contributed by atoms with Crippen molar-refractivity contribution in [3.05, 3.63) is 46.9 Å². The number of hydrogen-bond acceptors (Lipinski definition) is 3. The van der Waals surface area contributed by atoms with Gasteiger partial charge in [-0.25, -0.2) is 14.1 Å². The monoisotopic (exact) mass is 320 g/mol. The van der Waals surface area contributed by atoms with E-state index in [-0.39, 0.29) is 5.82 Å². The SMILES string of the molecule is CNc1ccc(F)c(-n2cc3cc(Br)cnc3n2)c1. The van der Waals surface area contributed by atoms with Gasteiger partial charge in [-0.3, -0.25) is 0 Å². The first kappa shape index (κ1) is 12.1. The number of pyridine rings is 1. The zero-order valence-corrected chi connectivity index (χ0v) is 11.6. The Morgan fingerprint density at radius 1 is 1.32 bits per heavy atom. The maximum atomic E-state index is 13.9. The molecule has 0 unspecified atom stereocenters. The van der Waals surface area contributed by atoms with Crippen LogP contribution < -0.4 is 5.32 Å². The van der Waals surface area contributed by atoms with Crippen molar-refractivity contribution in [2.75, 3.05) is 12.4 Å². The highest BCUT2D eigenvalue weighted by molar-refractivity contribution is 9.10. The van der Waals surface area contributed by atoms with Crippen molar-refractivity contribution in [1.82, 2.24) is 14.8 Å². The summed E-state index contributed by atoms with van der Waals surface area (Å²) in [6.45, 7) is 0. The van der Waals surface area contributed by atoms with Crippen molar-refractivity contribution >= 4 is 32.7 Å². The van der Waals surface area contributed by atoms with E-state index in [0.717, 1.165) is 15.5 Å². The molecule has 2 heterocycles. The number of halogens is 2. The second-order valence-corrected chi connectivity index (χ2v) is 4.97. The molecule has 1 N–H and O–H groups in total. The van der Waals surface area contributed by atoms with E-state index < -0.39 is 0 Å². The van der Waals surface area contributed by atoms with Crippen molar-refractivity contribution in [1.29, 1.82) is 0 Å². The van der Waals surface area contributed by atoms with Crippen molar-refractivity contribution < 1.29 is 4.39 Å². The predicted molar refractivity (Wildman–Crippen MR) is 76.1 cm³/mol. The van der Waals surface area contributed by atoms with Gasteiger partial charge in [0.1, 0.15) is 11.5 Å². The summed E-state index contributed by atoms with van der Waals surface area (Å²) in [7, 11) is 1.79. The Morgan fingerprint density at radius 2 is 2.16 bits per heavy atom. The van der Waals surface area contributed by atoms with E-state index in [1.807, 2.05) is 6.07 Å². The topological polar surface area (TPSA) is 42.7 Å². The van der Waals surface area contributed by atoms with Crippen LogP contribution in [-0.4, -0.2) is 21.8 Å². The number of fused-ring (bicyclic) bond motifs is 1. The number of nitrogens with one attached hydrogen (secondary N) is 1. The number of rotatable bonds is 2. The fourth-order valence-electron chi connectivity index (χ4n) is 1.86. The van der Waals surface area contributed by atoms with E-state index in [2.05, 4.69) is 31.3 Å². The minimum atomic E-state index is -0.328. The van der Waals surface area contributed by atoms with Crippen molar-refractivity contribution in [3.8, 4) is 5.69 Å². The third kappa shape index (κ3) is 2.19. The van der Waals surface area contributed by atoms with Gasteiger partial charge in [0, 0.05) is 35.0 Å². The quantitative estimate of drug-likeness (QED) is 0.787. The summed E-state index contributed by atoms with van der Waals surface area (Å²) < 4.78 is 16.2. The fraction of sp³-hybridized carbons (Fsp3) is 0.0769. The van der Waals surface area contributed by atoms with Gasteiger partial charge < -0.3 is 5.32 Å². The molecular weight excluding hydrogens is 311 g/mol. The van der Waals surface area contributed by atoms with Gasteiger partial charge in [0.2, 0.25) is 0 Å². The smallest absolute Gasteiger partial charge is 0.181 e. The minimum absolute atomic E-state index is 0.328. The van der Waals surface area contributed by atoms with E-state index in [9.17, 15) is 4.39 Å². The fourth-order valence-corrected chi connectivity index (χ4v) is 2.21. The van der Waals surface area contributed by atoms with Crippen molar-refractivity contribution in [2.24, 2.45) is 0 Å². The highest BCUT2D eigenvalue weighted by Gasteiger charge is 2.09. The van der Waals surface area contributed by atoms with Gasteiger partial charge in [0.05, 0.1) is 0 Å². The molecule has 2 aromatic heterocycles. The molecule has 0 saturated heterocycles. The Morgan fingerprint density at radius 3 is 2.95 bits per heavy atom. The maximum absolute atomic E-state index is 13.9. The molecule has 4 nitrogen and oxygen atoms in total. The summed E-state index contributed by atoms with van der Waals surface area (Å²) in [5.74, 6) is -0.328. The lowest BCUT2D eigenvalue weighted by Crippen LogP contribution is -2.00. The molecular formula is C13H10BrFN4. The highest BCUT2D eigenvalue weighted by atomic mass is 79.9. The average molecular weight is 321 g/mol. The van der Waals surface area contributed by atoms with Gasteiger partial charge in [-0.2, -0.15) is 0 Å². The molecule has 0 amide bonds. The summed E-state index contributed by atoms with van der Waals surface area (Å²) in [6, 6.07) is 6.69. The molecule has 0 aliphatic heterocycles. The molecule has 0 saturated carbocycles. The lowest BCUT2D eigenvalue weighted by molar-refractivity contribution is 0.611. The molecule has 19 heavy (non-hydrogen) atoms. The Labute approximate surface area is 117 Å². The van der Waals surface area contributed by atoms with Crippen molar-refractivity contribution in [2.45, 2.75) is 0 Å². The number of nitrogens with zero attached hydrogens (tertiary/aromatic N) is 3. The van der Waals surface area contributed by atoms with Crippen LogP contribution in [0.1, 0.15) is 0 Å². The van der Waals surface area contributed by atoms with E-state index >= 15 is 0 Å². The van der Waals surface area contributed by atoms with E-state index in [0.29, 0.717) is 11.3 Å². The van der Waals surface area contributed by atoms with E-state index in [4.69, 9.17) is 0 Å². The third-order valence-corrected chi connectivity index (χ3v) is 3.24. The molecule has 0 spiro atoms. The van der Waals surface area contributed by atoms with Gasteiger partial charge in [0.15, 0.2) is 5.65 Å². The largest absolute Gasteiger partial charge is 0.388 e. The van der Waals surface area contributed by atoms with Gasteiger partial charge in [-0.1, -0.05) is 0 Å². The van der Waals surface area contributed by atoms with Crippen LogP contribution in [0.3, 0.4) is 0 Å². The highest BCUT2D eigenvalue weighted by Crippen LogP contribution is 2.21. The lowest BCUT2D eigenvalue weighted by atomic mass is 10.2. The zero-order valence-electron chi connectivity index (χ0n) is 10.1. The standard InChI is InChI=1S/C13H10BrFN4/c1-16-10-2-3-11(15)12(5-10)19-7-8-4-9(14)6-17-13(8)18-19/h2-7,16H,1H3. The van der Waals surface area contributed by atoms with Gasteiger partial charge >= 0.3 is 0 Å². The zero-order chi connectivity index (χ0) is 13.4. The molecule has 0 atom stereocenters. The van der Waals surface area contributed by atoms with Crippen LogP contribution in [0.4, 0.5) is 10.1 Å². The number of anilines is 1. The van der Waals surface area contributed by atoms with Crippen LogP contribution in [0, 0.1) is 5.82 Å². The van der Waals surface area contributed by atoms with Crippen LogP contribution in [-0.2, 0) is 0 Å². The summed E-state index contributed by atoms with van der Waals surface area (Å²) in [4.78, 5) is 4.18. The van der Waals surface area contributed by atoms with Crippen molar-refractivity contribution in [3.63, 3.8) is 0 Å². The lowest BCUT2D eigenvalue weighted by Gasteiger charge is -2.05. The molecule has 0 fully saturated rings. The van der Waals surface area contributed by atoms with Crippen LogP contribution in [0.25, 0.3) is 16.7 Å². The van der Waals surface area contributed by atoms with Gasteiger partial charge in [-0.15, -0.1) is 5.10 Å². The van der Waals surface area contributed by atoms with Gasteiger partial charge in [0.25, 0.3) is 0 Å². The first-order valence-corrected chi connectivity index (χ1v) is 6.45. The second kappa shape index (κ2) is 4.62. The summed E-state index contributed by atoms with van der Waals surface area (Å²) >= 11 is 3.35. The molecule has 0 aliphatic carbocycles. The molecule has 96 valence electrons. The van der Waals surface area contributed by atoms with Crippen LogP contribution in [0.5, 0.6) is 0 Å². The Kier molecular flexibility index (Phi) is 2.94. The van der Waals surface area contributed by atoms with Crippen LogP contribution >= 0.6 is 15.9 Å². The summed E-state index contributed by atoms with van der Waals surface area (Å²) in [5, 5.41) is 8.10. The first-order valence-electron chi connectivity index (χ1n) is 5.66. The molecule has 0 bridgehead atoms. The first-order chi connectivity index (χ1) is 9.17. The summed E-state index contributed by atoms with van der Waals surface area (Å²) in [6.07, 6.45) is 3.42. The predicted octanol–water partition coefficient (Wildman–Crippen LogP) is 3.36. The molecule has 3 aromatic rings. The van der Waals surface area contributed by atoms with Gasteiger partial charge in [-0.05, 0) is 40.2 Å². The van der Waals surface area contributed by atoms with Crippen LogP contribution in [0.2, 0.25) is 0 Å². The number of benzene rings is 1. The molecule has 1 aromatic carbocycles. The number of hydrogen-bond donors (Lipinski definition) is 1. The normalized spacial score (nSPS) is 10.9. The second-order valence-electron chi connectivity index (χ2n) is 4.06.